The maximum atomic E-state index is 14.0. The standard InChI is InChI=1S/C53H68ClN7O10S/c1-33-26-39-29-43(12-13-44(39)61(51(33)66)45-14-15-46(62)58-50(45)65)59-23-17-36(18-24-59)16-20-55-21-22-56-40-10-6-8-37(27-40)32-72(69,70)60-25-19-42(30-53(60,4)5)57-41-11-7-9-38(28-41)34(2)48(54)49(35(3)52(67)68)71-31-47(63)64/h6-13,27-29,33,36,42,45,55-57H,14-26,30-32H2,1-5H3,(H,63,64)(H,67,68)(H,58,62,65)/b48-34-,49-35-/t33?,42-,45?/m0/s1. The first-order valence-electron chi connectivity index (χ1n) is 24.8. The van der Waals surface area contributed by atoms with Gasteiger partial charge in [-0.3, -0.25) is 24.6 Å². The number of nitrogens with zero attached hydrogens (tertiary/aromatic N) is 3. The van der Waals surface area contributed by atoms with Crippen molar-refractivity contribution in [1.29, 1.82) is 0 Å². The van der Waals surface area contributed by atoms with Crippen molar-refractivity contribution in [3.8, 4) is 0 Å². The fourth-order valence-corrected chi connectivity index (χ4v) is 12.7. The third-order valence-corrected chi connectivity index (χ3v) is 16.8. The first-order chi connectivity index (χ1) is 34.2. The molecule has 0 aromatic heterocycles. The molecule has 3 atom stereocenters. The molecule has 17 nitrogen and oxygen atoms in total. The van der Waals surface area contributed by atoms with Crippen molar-refractivity contribution in [3.63, 3.8) is 0 Å². The topological polar surface area (TPSA) is 227 Å². The number of imide groups is 1. The lowest BCUT2D eigenvalue weighted by Gasteiger charge is -2.45. The lowest BCUT2D eigenvalue weighted by Crippen LogP contribution is -2.57. The van der Waals surface area contributed by atoms with Crippen LogP contribution in [0.2, 0.25) is 0 Å². The van der Waals surface area contributed by atoms with E-state index in [0.29, 0.717) is 61.4 Å². The van der Waals surface area contributed by atoms with Crippen molar-refractivity contribution in [2.24, 2.45) is 11.8 Å². The van der Waals surface area contributed by atoms with Gasteiger partial charge in [0.1, 0.15) is 11.8 Å². The Morgan fingerprint density at radius 1 is 0.903 bits per heavy atom. The van der Waals surface area contributed by atoms with Crippen molar-refractivity contribution in [2.45, 2.75) is 109 Å². The van der Waals surface area contributed by atoms with E-state index in [0.717, 1.165) is 73.8 Å². The van der Waals surface area contributed by atoms with Gasteiger partial charge in [0.2, 0.25) is 27.7 Å². The molecule has 4 aliphatic heterocycles. The second-order valence-corrected chi connectivity index (χ2v) is 22.4. The van der Waals surface area contributed by atoms with E-state index >= 15 is 0 Å². The SMILES string of the molecule is C/C(C(=O)O)=C(OCC(=O)O)\C(Cl)=C(/C)c1cccc(N[C@H]2CCN(S(=O)(=O)Cc3cccc(NCCNCCC4CCN(c5ccc6c(c5)CC(C)C(=O)N6C5CCC(=O)NC5=O)CC4)c3)C(C)(C)C2)c1. The van der Waals surface area contributed by atoms with Crippen LogP contribution in [0.1, 0.15) is 96.3 Å². The van der Waals surface area contributed by atoms with Crippen molar-refractivity contribution < 1.29 is 47.3 Å². The van der Waals surface area contributed by atoms with Crippen LogP contribution in [0.25, 0.3) is 5.57 Å². The molecule has 3 saturated heterocycles. The molecule has 0 saturated carbocycles. The molecule has 0 spiro atoms. The molecule has 0 bridgehead atoms. The van der Waals surface area contributed by atoms with Gasteiger partial charge in [-0.2, -0.15) is 4.31 Å². The number of nitrogens with one attached hydrogen (secondary N) is 4. The summed E-state index contributed by atoms with van der Waals surface area (Å²) in [5, 5.41) is 31.6. The Labute approximate surface area is 427 Å². The highest BCUT2D eigenvalue weighted by Gasteiger charge is 2.42. The van der Waals surface area contributed by atoms with Crippen molar-refractivity contribution in [1.82, 2.24) is 14.9 Å². The van der Waals surface area contributed by atoms with E-state index in [1.807, 2.05) is 69.3 Å². The monoisotopic (exact) mass is 1030 g/mol. The Bertz CT molecular complexity index is 2720. The van der Waals surface area contributed by atoms with Crippen molar-refractivity contribution in [3.05, 3.63) is 99.8 Å². The van der Waals surface area contributed by atoms with Crippen molar-refractivity contribution >= 4 is 79.6 Å². The number of benzene rings is 3. The van der Waals surface area contributed by atoms with Crippen LogP contribution in [0.3, 0.4) is 0 Å². The zero-order valence-electron chi connectivity index (χ0n) is 41.8. The van der Waals surface area contributed by atoms with Gasteiger partial charge in [0.15, 0.2) is 6.61 Å². The number of fused-ring (bicyclic) bond motifs is 1. The quantitative estimate of drug-likeness (QED) is 0.0222. The summed E-state index contributed by atoms with van der Waals surface area (Å²) in [7, 11) is -3.68. The number of piperidine rings is 3. The minimum Gasteiger partial charge on any atom is -0.480 e. The number of aliphatic carboxylic acids is 2. The maximum Gasteiger partial charge on any atom is 0.341 e. The normalized spacial score (nSPS) is 21.5. The average Bonchev–Trinajstić information content (AvgIpc) is 3.32. The van der Waals surface area contributed by atoms with E-state index in [4.69, 9.17) is 21.4 Å². The number of amides is 3. The van der Waals surface area contributed by atoms with Crippen LogP contribution >= 0.6 is 11.6 Å². The van der Waals surface area contributed by atoms with Gasteiger partial charge >= 0.3 is 11.9 Å². The molecule has 7 rings (SSSR count). The number of rotatable bonds is 20. The largest absolute Gasteiger partial charge is 0.480 e. The number of sulfonamides is 1. The van der Waals surface area contributed by atoms with Crippen LogP contribution in [0.4, 0.5) is 22.7 Å². The second-order valence-electron chi connectivity index (χ2n) is 20.1. The van der Waals surface area contributed by atoms with Gasteiger partial charge in [-0.05, 0) is 150 Å². The molecule has 0 aliphatic carbocycles. The van der Waals surface area contributed by atoms with Crippen LogP contribution in [0.5, 0.6) is 0 Å². The van der Waals surface area contributed by atoms with Gasteiger partial charge in [0.25, 0.3) is 0 Å². The van der Waals surface area contributed by atoms with E-state index in [1.54, 1.807) is 22.2 Å². The van der Waals surface area contributed by atoms with Crippen molar-refractivity contribution in [2.75, 3.05) is 66.3 Å². The molecule has 3 aromatic carbocycles. The molecule has 0 radical (unpaired) electrons. The number of ether oxygens (including phenoxy) is 1. The predicted octanol–water partition coefficient (Wildman–Crippen LogP) is 6.94. The summed E-state index contributed by atoms with van der Waals surface area (Å²) in [5.41, 5.74) is 5.52. The lowest BCUT2D eigenvalue weighted by atomic mass is 9.89. The number of allylic oxidation sites excluding steroid dienone is 2. The molecule has 19 heteroatoms. The second kappa shape index (κ2) is 23.3. The zero-order valence-corrected chi connectivity index (χ0v) is 43.3. The number of carbonyl (C=O) groups is 5. The third kappa shape index (κ3) is 13.2. The number of hydrogen-bond acceptors (Lipinski definition) is 12. The fourth-order valence-electron chi connectivity index (χ4n) is 10.4. The Morgan fingerprint density at radius 3 is 2.35 bits per heavy atom. The van der Waals surface area contributed by atoms with E-state index < -0.39 is 46.1 Å². The van der Waals surface area contributed by atoms with Gasteiger partial charge in [-0.15, -0.1) is 0 Å². The van der Waals surface area contributed by atoms with Gasteiger partial charge in [-0.1, -0.05) is 42.8 Å². The van der Waals surface area contributed by atoms with Gasteiger partial charge < -0.3 is 35.8 Å². The van der Waals surface area contributed by atoms with E-state index in [9.17, 15) is 37.5 Å². The van der Waals surface area contributed by atoms with E-state index in [-0.39, 0.29) is 52.3 Å². The summed E-state index contributed by atoms with van der Waals surface area (Å²) >= 11 is 6.61. The number of carbonyl (C=O) groups excluding carboxylic acids is 3. The summed E-state index contributed by atoms with van der Waals surface area (Å²) in [6.45, 7) is 12.6. The molecule has 72 heavy (non-hydrogen) atoms. The molecule has 388 valence electrons. The smallest absolute Gasteiger partial charge is 0.341 e. The van der Waals surface area contributed by atoms with Crippen LogP contribution in [0, 0.1) is 11.8 Å². The van der Waals surface area contributed by atoms with E-state index in [1.165, 1.54) is 6.92 Å². The van der Waals surface area contributed by atoms with Crippen LogP contribution in [-0.4, -0.2) is 116 Å². The molecule has 3 amide bonds. The number of halogens is 1. The van der Waals surface area contributed by atoms with Gasteiger partial charge in [0.05, 0.1) is 16.4 Å². The molecule has 3 aromatic rings. The predicted molar refractivity (Wildman–Crippen MR) is 279 cm³/mol. The minimum absolute atomic E-state index is 0.0202. The highest BCUT2D eigenvalue weighted by atomic mass is 35.5. The Kier molecular flexibility index (Phi) is 17.4. The molecule has 6 N–H and O–H groups in total. The minimum atomic E-state index is -3.68. The van der Waals surface area contributed by atoms with Gasteiger partial charge in [0, 0.05) is 79.4 Å². The fraction of sp³-hybridized carbons (Fsp3) is 0.491. The molecule has 3 fully saturated rings. The summed E-state index contributed by atoms with van der Waals surface area (Å²) in [4.78, 5) is 64.7. The van der Waals surface area contributed by atoms with E-state index in [2.05, 4.69) is 38.3 Å². The molecule has 2 unspecified atom stereocenters. The Balaban J connectivity index is 0.838. The highest BCUT2D eigenvalue weighted by molar-refractivity contribution is 7.88. The average molecular weight is 1030 g/mol. The highest BCUT2D eigenvalue weighted by Crippen LogP contribution is 2.38. The molecular weight excluding hydrogens is 962 g/mol. The first kappa shape index (κ1) is 53.8. The first-order valence-corrected chi connectivity index (χ1v) is 26.8. The summed E-state index contributed by atoms with van der Waals surface area (Å²) in [6.07, 6.45) is 5.50. The van der Waals surface area contributed by atoms with Crippen LogP contribution in [-0.2, 0) is 50.9 Å². The molecule has 4 aliphatic rings. The number of carboxylic acids is 2. The zero-order chi connectivity index (χ0) is 51.9. The Hall–Kier alpha value is -5.95. The lowest BCUT2D eigenvalue weighted by molar-refractivity contribution is -0.141. The van der Waals surface area contributed by atoms with Crippen LogP contribution in [0.15, 0.2) is 83.1 Å². The van der Waals surface area contributed by atoms with Crippen LogP contribution < -0.4 is 31.1 Å². The maximum absolute atomic E-state index is 14.0. The molecule has 4 heterocycles. The molecular formula is C53H68ClN7O10S. The number of hydrogen-bond donors (Lipinski definition) is 6. The number of carboxylic acid groups (broad SMARTS) is 2. The Morgan fingerprint density at radius 2 is 1.64 bits per heavy atom. The third-order valence-electron chi connectivity index (χ3n) is 14.3. The number of anilines is 4. The summed E-state index contributed by atoms with van der Waals surface area (Å²) in [6, 6.07) is 20.4. The van der Waals surface area contributed by atoms with Gasteiger partial charge in [-0.25, -0.2) is 18.0 Å². The summed E-state index contributed by atoms with van der Waals surface area (Å²) < 4.78 is 34.9. The summed E-state index contributed by atoms with van der Waals surface area (Å²) in [5.74, 6) is -3.35.